The highest BCUT2D eigenvalue weighted by molar-refractivity contribution is 7.91. The number of hydrogen-bond donors (Lipinski definition) is 2. The molecule has 5 heteroatoms. The van der Waals surface area contributed by atoms with E-state index in [1.807, 2.05) is 13.8 Å². The molecule has 1 fully saturated rings. The normalized spacial score (nSPS) is 24.1. The summed E-state index contributed by atoms with van der Waals surface area (Å²) in [5, 5.41) is 0. The molecule has 1 aliphatic heterocycles. The van der Waals surface area contributed by atoms with Crippen molar-refractivity contribution in [3.63, 3.8) is 0 Å². The van der Waals surface area contributed by atoms with Gasteiger partial charge in [0.25, 0.3) is 0 Å². The Morgan fingerprint density at radius 1 is 1.28 bits per heavy atom. The average Bonchev–Trinajstić information content (AvgIpc) is 2.58. The minimum Gasteiger partial charge on any atom is -0.271 e. The SMILES string of the molecule is Cc1cc(C)cc(C(NN)C2CCS(=O)(=O)C2)c1. The smallest absolute Gasteiger partial charge is 0.150 e. The summed E-state index contributed by atoms with van der Waals surface area (Å²) < 4.78 is 23.1. The number of sulfone groups is 1. The molecular formula is C13H20N2O2S. The van der Waals surface area contributed by atoms with Gasteiger partial charge in [0.15, 0.2) is 9.84 Å². The maximum absolute atomic E-state index is 11.6. The third-order valence-corrected chi connectivity index (χ3v) is 5.32. The topological polar surface area (TPSA) is 72.2 Å². The summed E-state index contributed by atoms with van der Waals surface area (Å²) in [6, 6.07) is 6.16. The van der Waals surface area contributed by atoms with Crippen LogP contribution in [0.4, 0.5) is 0 Å². The van der Waals surface area contributed by atoms with Crippen LogP contribution in [0.5, 0.6) is 0 Å². The van der Waals surface area contributed by atoms with Crippen molar-refractivity contribution in [1.29, 1.82) is 0 Å². The van der Waals surface area contributed by atoms with E-state index in [-0.39, 0.29) is 23.5 Å². The second-order valence-electron chi connectivity index (χ2n) is 5.23. The molecule has 4 nitrogen and oxygen atoms in total. The minimum atomic E-state index is -2.87. The monoisotopic (exact) mass is 268 g/mol. The van der Waals surface area contributed by atoms with Crippen molar-refractivity contribution in [3.8, 4) is 0 Å². The fourth-order valence-electron chi connectivity index (χ4n) is 2.78. The van der Waals surface area contributed by atoms with E-state index in [2.05, 4.69) is 23.6 Å². The van der Waals surface area contributed by atoms with Gasteiger partial charge in [0, 0.05) is 6.04 Å². The number of nitrogens with one attached hydrogen (secondary N) is 1. The van der Waals surface area contributed by atoms with E-state index in [0.717, 1.165) is 5.56 Å². The number of nitrogens with two attached hydrogens (primary N) is 1. The van der Waals surface area contributed by atoms with Gasteiger partial charge in [-0.2, -0.15) is 0 Å². The molecule has 2 atom stereocenters. The number of aryl methyl sites for hydroxylation is 2. The Morgan fingerprint density at radius 3 is 2.33 bits per heavy atom. The first-order valence-corrected chi connectivity index (χ1v) is 7.98. The summed E-state index contributed by atoms with van der Waals surface area (Å²) in [6.45, 7) is 4.07. The minimum absolute atomic E-state index is 0.0706. The van der Waals surface area contributed by atoms with Crippen LogP contribution < -0.4 is 11.3 Å². The first-order valence-electron chi connectivity index (χ1n) is 6.16. The molecule has 0 saturated carbocycles. The molecule has 2 unspecified atom stereocenters. The maximum atomic E-state index is 11.6. The summed E-state index contributed by atoms with van der Waals surface area (Å²) in [5.41, 5.74) is 6.21. The first-order chi connectivity index (χ1) is 8.41. The zero-order valence-electron chi connectivity index (χ0n) is 10.8. The highest BCUT2D eigenvalue weighted by atomic mass is 32.2. The molecule has 100 valence electrons. The van der Waals surface area contributed by atoms with Crippen LogP contribution in [-0.2, 0) is 9.84 Å². The predicted octanol–water partition coefficient (Wildman–Crippen LogP) is 1.24. The summed E-state index contributed by atoms with van der Waals surface area (Å²) in [4.78, 5) is 0. The third kappa shape index (κ3) is 2.91. The Labute approximate surface area is 108 Å². The quantitative estimate of drug-likeness (QED) is 0.639. The van der Waals surface area contributed by atoms with Crippen LogP contribution >= 0.6 is 0 Å². The Kier molecular flexibility index (Phi) is 3.75. The third-order valence-electron chi connectivity index (χ3n) is 3.52. The van der Waals surface area contributed by atoms with Crippen molar-refractivity contribution in [1.82, 2.24) is 5.43 Å². The molecule has 1 heterocycles. The van der Waals surface area contributed by atoms with Crippen LogP contribution in [0, 0.1) is 19.8 Å². The van der Waals surface area contributed by atoms with Crippen molar-refractivity contribution < 1.29 is 8.42 Å². The standard InChI is InChI=1S/C13H20N2O2S/c1-9-5-10(2)7-12(6-9)13(15-14)11-3-4-18(16,17)8-11/h5-7,11,13,15H,3-4,8,14H2,1-2H3. The van der Waals surface area contributed by atoms with Gasteiger partial charge in [-0.15, -0.1) is 0 Å². The number of hydrazine groups is 1. The molecular weight excluding hydrogens is 248 g/mol. The van der Waals surface area contributed by atoms with Gasteiger partial charge < -0.3 is 0 Å². The van der Waals surface area contributed by atoms with E-state index in [9.17, 15) is 8.42 Å². The first kappa shape index (κ1) is 13.5. The van der Waals surface area contributed by atoms with E-state index in [1.165, 1.54) is 11.1 Å². The molecule has 0 spiro atoms. The largest absolute Gasteiger partial charge is 0.271 e. The number of benzene rings is 1. The van der Waals surface area contributed by atoms with Crippen molar-refractivity contribution in [3.05, 3.63) is 34.9 Å². The van der Waals surface area contributed by atoms with Crippen molar-refractivity contribution >= 4 is 9.84 Å². The number of hydrogen-bond acceptors (Lipinski definition) is 4. The highest BCUT2D eigenvalue weighted by Gasteiger charge is 2.34. The van der Waals surface area contributed by atoms with Crippen molar-refractivity contribution in [2.75, 3.05) is 11.5 Å². The van der Waals surface area contributed by atoms with Gasteiger partial charge in [0.1, 0.15) is 0 Å². The molecule has 1 saturated heterocycles. The fourth-order valence-corrected chi connectivity index (χ4v) is 4.62. The molecule has 18 heavy (non-hydrogen) atoms. The highest BCUT2D eigenvalue weighted by Crippen LogP contribution is 2.31. The van der Waals surface area contributed by atoms with Crippen LogP contribution in [0.2, 0.25) is 0 Å². The number of rotatable bonds is 3. The Bertz CT molecular complexity index is 520. The Balaban J connectivity index is 2.28. The fraction of sp³-hybridized carbons (Fsp3) is 0.538. The molecule has 2 rings (SSSR count). The van der Waals surface area contributed by atoms with E-state index in [4.69, 9.17) is 5.84 Å². The van der Waals surface area contributed by atoms with Gasteiger partial charge in [0.2, 0.25) is 0 Å². The van der Waals surface area contributed by atoms with Crippen LogP contribution in [0.1, 0.15) is 29.2 Å². The Hall–Kier alpha value is -0.910. The molecule has 0 radical (unpaired) electrons. The maximum Gasteiger partial charge on any atom is 0.150 e. The van der Waals surface area contributed by atoms with Crippen LogP contribution in [-0.4, -0.2) is 19.9 Å². The van der Waals surface area contributed by atoms with Crippen molar-refractivity contribution in [2.24, 2.45) is 11.8 Å². The molecule has 1 aromatic rings. The predicted molar refractivity (Wildman–Crippen MR) is 72.7 cm³/mol. The lowest BCUT2D eigenvalue weighted by Gasteiger charge is -2.23. The summed E-state index contributed by atoms with van der Waals surface area (Å²) >= 11 is 0. The van der Waals surface area contributed by atoms with Gasteiger partial charge in [0.05, 0.1) is 11.5 Å². The second kappa shape index (κ2) is 4.99. The molecule has 3 N–H and O–H groups in total. The Morgan fingerprint density at radius 2 is 1.89 bits per heavy atom. The molecule has 1 aliphatic rings. The van der Waals surface area contributed by atoms with Crippen LogP contribution in [0.15, 0.2) is 18.2 Å². The molecule has 0 aromatic heterocycles. The second-order valence-corrected chi connectivity index (χ2v) is 7.46. The lowest BCUT2D eigenvalue weighted by atomic mass is 9.91. The lowest BCUT2D eigenvalue weighted by molar-refractivity contribution is 0.399. The van der Waals surface area contributed by atoms with Crippen LogP contribution in [0.25, 0.3) is 0 Å². The van der Waals surface area contributed by atoms with Gasteiger partial charge in [-0.05, 0) is 31.7 Å². The van der Waals surface area contributed by atoms with Gasteiger partial charge >= 0.3 is 0 Å². The van der Waals surface area contributed by atoms with Crippen molar-refractivity contribution in [2.45, 2.75) is 26.3 Å². The summed E-state index contributed by atoms with van der Waals surface area (Å²) in [7, 11) is -2.87. The average molecular weight is 268 g/mol. The van der Waals surface area contributed by atoms with E-state index < -0.39 is 9.84 Å². The van der Waals surface area contributed by atoms with E-state index in [1.54, 1.807) is 0 Å². The van der Waals surface area contributed by atoms with E-state index in [0.29, 0.717) is 6.42 Å². The van der Waals surface area contributed by atoms with E-state index >= 15 is 0 Å². The van der Waals surface area contributed by atoms with Gasteiger partial charge in [-0.25, -0.2) is 8.42 Å². The zero-order valence-corrected chi connectivity index (χ0v) is 11.6. The molecule has 1 aromatic carbocycles. The molecule has 0 amide bonds. The van der Waals surface area contributed by atoms with Gasteiger partial charge in [-0.3, -0.25) is 11.3 Å². The zero-order chi connectivity index (χ0) is 13.3. The van der Waals surface area contributed by atoms with Crippen LogP contribution in [0.3, 0.4) is 0 Å². The summed E-state index contributed by atoms with van der Waals surface area (Å²) in [5.74, 6) is 6.21. The molecule has 0 aliphatic carbocycles. The van der Waals surface area contributed by atoms with Gasteiger partial charge in [-0.1, -0.05) is 29.3 Å². The lowest BCUT2D eigenvalue weighted by Crippen LogP contribution is -2.34. The molecule has 0 bridgehead atoms. The summed E-state index contributed by atoms with van der Waals surface area (Å²) in [6.07, 6.45) is 0.685.